The van der Waals surface area contributed by atoms with Crippen LogP contribution in [0.4, 0.5) is 5.69 Å². The Morgan fingerprint density at radius 2 is 1.71 bits per heavy atom. The number of carbonyl (C=O) groups is 3. The van der Waals surface area contributed by atoms with E-state index in [1.54, 1.807) is 11.1 Å². The topological polar surface area (TPSA) is 143 Å². The van der Waals surface area contributed by atoms with Crippen molar-refractivity contribution in [3.05, 3.63) is 72.4 Å². The van der Waals surface area contributed by atoms with Crippen molar-refractivity contribution < 1.29 is 14.4 Å². The molecule has 0 unspecified atom stereocenters. The Kier molecular flexibility index (Phi) is 11.2. The molecule has 9 nitrogen and oxygen atoms in total. The molecule has 0 saturated carbocycles. The van der Waals surface area contributed by atoms with Crippen LogP contribution in [0.1, 0.15) is 38.2 Å². The van der Waals surface area contributed by atoms with Gasteiger partial charge in [0, 0.05) is 31.4 Å². The lowest BCUT2D eigenvalue weighted by Crippen LogP contribution is -2.50. The average Bonchev–Trinajstić information content (AvgIpc) is 2.93. The van der Waals surface area contributed by atoms with Crippen molar-refractivity contribution >= 4 is 34.3 Å². The lowest BCUT2D eigenvalue weighted by atomic mass is 10.0. The number of anilines is 1. The molecule has 6 N–H and O–H groups in total. The molecule has 0 bridgehead atoms. The smallest absolute Gasteiger partial charge is 0.247 e. The van der Waals surface area contributed by atoms with Gasteiger partial charge in [-0.1, -0.05) is 55.5 Å². The Morgan fingerprint density at radius 3 is 2.45 bits per heavy atom. The van der Waals surface area contributed by atoms with E-state index in [-0.39, 0.29) is 24.7 Å². The summed E-state index contributed by atoms with van der Waals surface area (Å²) in [4.78, 5) is 44.9. The highest BCUT2D eigenvalue weighted by molar-refractivity contribution is 5.99. The molecule has 0 aliphatic heterocycles. The number of benzene rings is 2. The van der Waals surface area contributed by atoms with Crippen LogP contribution in [0, 0.1) is 0 Å². The number of aromatic nitrogens is 1. The zero-order valence-electron chi connectivity index (χ0n) is 21.9. The number of fused-ring (bicyclic) bond motifs is 1. The minimum absolute atomic E-state index is 0.0808. The summed E-state index contributed by atoms with van der Waals surface area (Å²) in [6.07, 6.45) is 3.71. The first-order valence-electron chi connectivity index (χ1n) is 13.1. The average molecular weight is 519 g/mol. The molecule has 202 valence electrons. The number of amides is 3. The summed E-state index contributed by atoms with van der Waals surface area (Å²) in [5.41, 5.74) is 14.2. The van der Waals surface area contributed by atoms with E-state index in [4.69, 9.17) is 11.5 Å². The highest BCUT2D eigenvalue weighted by Gasteiger charge is 2.25. The third-order valence-electron chi connectivity index (χ3n) is 6.31. The van der Waals surface area contributed by atoms with Crippen LogP contribution >= 0.6 is 0 Å². The summed E-state index contributed by atoms with van der Waals surface area (Å²) in [5.74, 6) is -0.905. The van der Waals surface area contributed by atoms with Crippen LogP contribution in [-0.2, 0) is 20.8 Å². The Morgan fingerprint density at radius 1 is 0.974 bits per heavy atom. The molecule has 0 aliphatic rings. The zero-order valence-corrected chi connectivity index (χ0v) is 21.9. The van der Waals surface area contributed by atoms with Gasteiger partial charge in [-0.05, 0) is 43.4 Å². The van der Waals surface area contributed by atoms with E-state index in [1.807, 2.05) is 67.6 Å². The third-order valence-corrected chi connectivity index (χ3v) is 6.31. The lowest BCUT2D eigenvalue weighted by Gasteiger charge is -2.23. The molecule has 2 atom stereocenters. The maximum atomic E-state index is 13.3. The largest absolute Gasteiger partial charge is 0.343 e. The van der Waals surface area contributed by atoms with Gasteiger partial charge in [0.05, 0.1) is 23.4 Å². The van der Waals surface area contributed by atoms with Gasteiger partial charge in [0.2, 0.25) is 17.7 Å². The second kappa shape index (κ2) is 14.8. The first-order chi connectivity index (χ1) is 18.4. The second-order valence-electron chi connectivity index (χ2n) is 9.31. The number of para-hydroxylation sites is 1. The van der Waals surface area contributed by atoms with Crippen molar-refractivity contribution in [3.8, 4) is 0 Å². The molecule has 0 fully saturated rings. The van der Waals surface area contributed by atoms with E-state index in [1.165, 1.54) is 0 Å². The van der Waals surface area contributed by atoms with E-state index >= 15 is 0 Å². The van der Waals surface area contributed by atoms with E-state index in [2.05, 4.69) is 15.6 Å². The summed E-state index contributed by atoms with van der Waals surface area (Å²) >= 11 is 0. The minimum Gasteiger partial charge on any atom is -0.343 e. The van der Waals surface area contributed by atoms with Crippen LogP contribution in [-0.4, -0.2) is 59.3 Å². The number of hydrogen-bond donors (Lipinski definition) is 4. The summed E-state index contributed by atoms with van der Waals surface area (Å²) in [6.45, 7) is 3.45. The van der Waals surface area contributed by atoms with Gasteiger partial charge in [-0.25, -0.2) is 0 Å². The van der Waals surface area contributed by atoms with Crippen LogP contribution < -0.4 is 22.1 Å². The SMILES string of the molecule is CCCN(CCN)C(=O)CC[C@H](N)C(=O)N[C@@H](CCc1ccccc1)C(=O)Nc1cnc2ccccc2c1. The molecule has 1 aromatic heterocycles. The number of pyridine rings is 1. The molecular formula is C29H38N6O3. The van der Waals surface area contributed by atoms with Gasteiger partial charge < -0.3 is 27.0 Å². The quantitative estimate of drug-likeness (QED) is 0.258. The number of hydrogen-bond acceptors (Lipinski definition) is 6. The van der Waals surface area contributed by atoms with Gasteiger partial charge in [-0.3, -0.25) is 19.4 Å². The van der Waals surface area contributed by atoms with Crippen molar-refractivity contribution in [2.75, 3.05) is 25.0 Å². The fourth-order valence-electron chi connectivity index (χ4n) is 4.23. The van der Waals surface area contributed by atoms with Crippen molar-refractivity contribution in [3.63, 3.8) is 0 Å². The first-order valence-corrected chi connectivity index (χ1v) is 13.1. The molecule has 1 heterocycles. The maximum Gasteiger partial charge on any atom is 0.247 e. The van der Waals surface area contributed by atoms with E-state index < -0.39 is 18.0 Å². The fourth-order valence-corrected chi connectivity index (χ4v) is 4.23. The molecule has 38 heavy (non-hydrogen) atoms. The molecule has 0 radical (unpaired) electrons. The van der Waals surface area contributed by atoms with Crippen molar-refractivity contribution in [1.29, 1.82) is 0 Å². The van der Waals surface area contributed by atoms with Crippen LogP contribution in [0.15, 0.2) is 66.9 Å². The molecule has 0 spiro atoms. The van der Waals surface area contributed by atoms with Crippen molar-refractivity contribution in [1.82, 2.24) is 15.2 Å². The van der Waals surface area contributed by atoms with Gasteiger partial charge in [-0.2, -0.15) is 0 Å². The molecular weight excluding hydrogens is 480 g/mol. The molecule has 3 aromatic rings. The van der Waals surface area contributed by atoms with Crippen LogP contribution in [0.25, 0.3) is 10.9 Å². The van der Waals surface area contributed by atoms with Crippen LogP contribution in [0.5, 0.6) is 0 Å². The highest BCUT2D eigenvalue weighted by Crippen LogP contribution is 2.17. The van der Waals surface area contributed by atoms with Crippen molar-refractivity contribution in [2.24, 2.45) is 11.5 Å². The van der Waals surface area contributed by atoms with Gasteiger partial charge in [0.1, 0.15) is 6.04 Å². The van der Waals surface area contributed by atoms with E-state index in [0.29, 0.717) is 38.2 Å². The summed E-state index contributed by atoms with van der Waals surface area (Å²) in [7, 11) is 0. The predicted molar refractivity (Wildman–Crippen MR) is 150 cm³/mol. The summed E-state index contributed by atoms with van der Waals surface area (Å²) < 4.78 is 0. The molecule has 2 aromatic carbocycles. The maximum absolute atomic E-state index is 13.3. The monoisotopic (exact) mass is 518 g/mol. The predicted octanol–water partition coefficient (Wildman–Crippen LogP) is 2.60. The lowest BCUT2D eigenvalue weighted by molar-refractivity contribution is -0.132. The van der Waals surface area contributed by atoms with Gasteiger partial charge in [0.15, 0.2) is 0 Å². The first kappa shape index (κ1) is 28.7. The van der Waals surface area contributed by atoms with E-state index in [9.17, 15) is 14.4 Å². The Hall–Kier alpha value is -3.82. The highest BCUT2D eigenvalue weighted by atomic mass is 16.2. The van der Waals surface area contributed by atoms with Gasteiger partial charge >= 0.3 is 0 Å². The minimum atomic E-state index is -0.922. The zero-order chi connectivity index (χ0) is 27.3. The summed E-state index contributed by atoms with van der Waals surface area (Å²) in [5, 5.41) is 6.58. The number of nitrogens with two attached hydrogens (primary N) is 2. The van der Waals surface area contributed by atoms with Gasteiger partial charge in [0.25, 0.3) is 0 Å². The van der Waals surface area contributed by atoms with Gasteiger partial charge in [-0.15, -0.1) is 0 Å². The number of nitrogens with zero attached hydrogens (tertiary/aromatic N) is 2. The Bertz CT molecular complexity index is 1200. The van der Waals surface area contributed by atoms with E-state index in [0.717, 1.165) is 22.9 Å². The fraction of sp³-hybridized carbons (Fsp3) is 0.379. The standard InChI is InChI=1S/C29H38N6O3/c1-2-17-35(18-16-30)27(36)15-13-24(31)28(37)34-26(14-12-21-8-4-3-5-9-21)29(38)33-23-19-22-10-6-7-11-25(22)32-20-23/h3-11,19-20,24,26H,2,12-18,30-31H2,1H3,(H,33,38)(H,34,37)/t24-,26-/m0/s1. The van der Waals surface area contributed by atoms with Crippen LogP contribution in [0.2, 0.25) is 0 Å². The number of aryl methyl sites for hydroxylation is 1. The molecule has 0 saturated heterocycles. The molecule has 9 heteroatoms. The van der Waals surface area contributed by atoms with Crippen LogP contribution in [0.3, 0.4) is 0 Å². The molecule has 0 aliphatic carbocycles. The number of carbonyl (C=O) groups excluding carboxylic acids is 3. The second-order valence-corrected chi connectivity index (χ2v) is 9.31. The number of nitrogens with one attached hydrogen (secondary N) is 2. The normalized spacial score (nSPS) is 12.5. The molecule has 3 rings (SSSR count). The Labute approximate surface area is 224 Å². The summed E-state index contributed by atoms with van der Waals surface area (Å²) in [6, 6.07) is 17.5. The molecule has 3 amide bonds. The number of rotatable bonds is 14. The Balaban J connectivity index is 1.65. The van der Waals surface area contributed by atoms with Crippen molar-refractivity contribution in [2.45, 2.75) is 51.1 Å². The third kappa shape index (κ3) is 8.64.